The van der Waals surface area contributed by atoms with E-state index in [1.54, 1.807) is 18.3 Å². The predicted octanol–water partition coefficient (Wildman–Crippen LogP) is 6.09. The van der Waals surface area contributed by atoms with Crippen molar-refractivity contribution in [3.63, 3.8) is 0 Å². The van der Waals surface area contributed by atoms with Crippen molar-refractivity contribution in [1.82, 2.24) is 0 Å². The number of thiophene rings is 1. The maximum Gasteiger partial charge on any atom is 0.333 e. The van der Waals surface area contributed by atoms with Gasteiger partial charge in [0.05, 0.1) is 13.2 Å². The summed E-state index contributed by atoms with van der Waals surface area (Å²) in [6.07, 6.45) is 0. The van der Waals surface area contributed by atoms with Gasteiger partial charge < -0.3 is 9.47 Å². The van der Waals surface area contributed by atoms with Crippen LogP contribution in [0.3, 0.4) is 0 Å². The molecule has 0 spiro atoms. The van der Waals surface area contributed by atoms with E-state index in [1.165, 1.54) is 20.5 Å². The van der Waals surface area contributed by atoms with E-state index in [0.717, 1.165) is 5.75 Å². The number of carbonyl (C=O) groups is 1. The lowest BCUT2D eigenvalue weighted by molar-refractivity contribution is -0.142. The highest BCUT2D eigenvalue weighted by molar-refractivity contribution is 7.22. The monoisotopic (exact) mass is 380 g/mol. The number of benzene rings is 2. The molecule has 0 aliphatic rings. The maximum absolute atomic E-state index is 11.6. The van der Waals surface area contributed by atoms with Crippen LogP contribution >= 0.6 is 11.3 Å². The van der Waals surface area contributed by atoms with Crippen LogP contribution in [-0.4, -0.2) is 19.2 Å². The summed E-state index contributed by atoms with van der Waals surface area (Å²) in [6, 6.07) is 18.7. The van der Waals surface area contributed by atoms with Crippen LogP contribution < -0.4 is 4.74 Å². The Morgan fingerprint density at radius 3 is 2.52 bits per heavy atom. The third kappa shape index (κ3) is 4.98. The largest absolute Gasteiger partial charge is 0.493 e. The molecule has 3 nitrogen and oxygen atoms in total. The standard InChI is InChI=1S/C23H24O3S/c1-16(2)22(24)26-15-23(3,4)14-25-19-11-10-18-12-20(27-21(18)13-19)17-8-6-5-7-9-17/h5-13H,1,14-15H2,2-4H3. The predicted molar refractivity (Wildman–Crippen MR) is 112 cm³/mol. The van der Waals surface area contributed by atoms with Crippen LogP contribution in [0.1, 0.15) is 20.8 Å². The van der Waals surface area contributed by atoms with Crippen LogP contribution in [0.2, 0.25) is 0 Å². The second kappa shape index (κ2) is 7.97. The van der Waals surface area contributed by atoms with Crippen molar-refractivity contribution in [2.45, 2.75) is 20.8 Å². The van der Waals surface area contributed by atoms with Gasteiger partial charge >= 0.3 is 5.97 Å². The Hall–Kier alpha value is -2.59. The van der Waals surface area contributed by atoms with E-state index in [1.807, 2.05) is 26.0 Å². The summed E-state index contributed by atoms with van der Waals surface area (Å²) >= 11 is 1.76. The second-order valence-corrected chi connectivity index (χ2v) is 8.57. The summed E-state index contributed by atoms with van der Waals surface area (Å²) < 4.78 is 12.4. The molecule has 4 heteroatoms. The lowest BCUT2D eigenvalue weighted by atomic mass is 9.96. The molecule has 0 aliphatic carbocycles. The van der Waals surface area contributed by atoms with Crippen molar-refractivity contribution < 1.29 is 14.3 Å². The quantitative estimate of drug-likeness (QED) is 0.367. The van der Waals surface area contributed by atoms with E-state index in [0.29, 0.717) is 12.2 Å². The molecule has 27 heavy (non-hydrogen) atoms. The molecule has 0 bridgehead atoms. The number of rotatable bonds is 7. The first-order valence-electron chi connectivity index (χ1n) is 8.88. The van der Waals surface area contributed by atoms with Gasteiger partial charge in [0.1, 0.15) is 5.75 Å². The molecule has 0 radical (unpaired) electrons. The molecular weight excluding hydrogens is 356 g/mol. The van der Waals surface area contributed by atoms with Gasteiger partial charge in [0, 0.05) is 20.6 Å². The van der Waals surface area contributed by atoms with Gasteiger partial charge in [-0.3, -0.25) is 0 Å². The van der Waals surface area contributed by atoms with E-state index < -0.39 is 0 Å². The van der Waals surface area contributed by atoms with Crippen LogP contribution in [0, 0.1) is 5.41 Å². The van der Waals surface area contributed by atoms with Crippen molar-refractivity contribution in [3.05, 3.63) is 66.7 Å². The topological polar surface area (TPSA) is 35.5 Å². The minimum Gasteiger partial charge on any atom is -0.493 e. The van der Waals surface area contributed by atoms with E-state index in [4.69, 9.17) is 9.47 Å². The van der Waals surface area contributed by atoms with Crippen molar-refractivity contribution in [2.24, 2.45) is 5.41 Å². The highest BCUT2D eigenvalue weighted by Gasteiger charge is 2.22. The lowest BCUT2D eigenvalue weighted by Gasteiger charge is -2.24. The zero-order chi connectivity index (χ0) is 19.4. The summed E-state index contributed by atoms with van der Waals surface area (Å²) in [5.41, 5.74) is 1.34. The highest BCUT2D eigenvalue weighted by atomic mass is 32.1. The molecule has 140 valence electrons. The molecule has 0 aliphatic heterocycles. The number of ether oxygens (including phenoxy) is 2. The minimum absolute atomic E-state index is 0.287. The molecule has 0 saturated heterocycles. The molecule has 0 amide bonds. The van der Waals surface area contributed by atoms with Crippen LogP contribution in [0.5, 0.6) is 5.75 Å². The van der Waals surface area contributed by atoms with Gasteiger partial charge in [-0.25, -0.2) is 4.79 Å². The Bertz CT molecular complexity index is 954. The zero-order valence-corrected chi connectivity index (χ0v) is 16.8. The van der Waals surface area contributed by atoms with Gasteiger partial charge in [-0.1, -0.05) is 50.8 Å². The Morgan fingerprint density at radius 2 is 1.81 bits per heavy atom. The van der Waals surface area contributed by atoms with E-state index in [2.05, 4.69) is 49.0 Å². The first kappa shape index (κ1) is 19.2. The van der Waals surface area contributed by atoms with Gasteiger partial charge in [0.25, 0.3) is 0 Å². The van der Waals surface area contributed by atoms with Crippen molar-refractivity contribution in [1.29, 1.82) is 0 Å². The molecule has 1 aromatic heterocycles. The lowest BCUT2D eigenvalue weighted by Crippen LogP contribution is -2.28. The molecule has 3 aromatic rings. The van der Waals surface area contributed by atoms with Crippen LogP contribution in [0.4, 0.5) is 0 Å². The van der Waals surface area contributed by atoms with E-state index >= 15 is 0 Å². The van der Waals surface area contributed by atoms with Crippen molar-refractivity contribution in [3.8, 4) is 16.2 Å². The summed E-state index contributed by atoms with van der Waals surface area (Å²) in [5, 5.41) is 1.21. The van der Waals surface area contributed by atoms with Crippen molar-refractivity contribution >= 4 is 27.4 Å². The highest BCUT2D eigenvalue weighted by Crippen LogP contribution is 2.35. The third-order valence-electron chi connectivity index (χ3n) is 4.12. The Labute approximate surface area is 164 Å². The zero-order valence-electron chi connectivity index (χ0n) is 16.0. The smallest absolute Gasteiger partial charge is 0.333 e. The van der Waals surface area contributed by atoms with Gasteiger partial charge in [-0.05, 0) is 42.1 Å². The molecule has 1 heterocycles. The fourth-order valence-corrected chi connectivity index (χ4v) is 3.65. The first-order valence-corrected chi connectivity index (χ1v) is 9.70. The van der Waals surface area contributed by atoms with Gasteiger partial charge in [-0.15, -0.1) is 11.3 Å². The van der Waals surface area contributed by atoms with Crippen LogP contribution in [0.25, 0.3) is 20.5 Å². The fraction of sp³-hybridized carbons (Fsp3) is 0.261. The second-order valence-electron chi connectivity index (χ2n) is 7.49. The van der Waals surface area contributed by atoms with Gasteiger partial charge in [0.2, 0.25) is 0 Å². The van der Waals surface area contributed by atoms with Gasteiger partial charge in [-0.2, -0.15) is 0 Å². The Morgan fingerprint density at radius 1 is 1.07 bits per heavy atom. The number of carbonyl (C=O) groups excluding carboxylic acids is 1. The molecule has 0 N–H and O–H groups in total. The summed E-state index contributed by atoms with van der Waals surface area (Å²) in [7, 11) is 0. The Kier molecular flexibility index (Phi) is 5.66. The minimum atomic E-state index is -0.364. The average molecular weight is 381 g/mol. The number of fused-ring (bicyclic) bond motifs is 1. The molecular formula is C23H24O3S. The molecule has 2 aromatic carbocycles. The SMILES string of the molecule is C=C(C)C(=O)OCC(C)(C)COc1ccc2cc(-c3ccccc3)sc2c1. The number of esters is 1. The maximum atomic E-state index is 11.6. The summed E-state index contributed by atoms with van der Waals surface area (Å²) in [6.45, 7) is 10.0. The van der Waals surface area contributed by atoms with Crippen molar-refractivity contribution in [2.75, 3.05) is 13.2 Å². The molecule has 0 atom stereocenters. The molecule has 0 saturated carbocycles. The summed E-state index contributed by atoms with van der Waals surface area (Å²) in [5.74, 6) is 0.458. The fourth-order valence-electron chi connectivity index (χ4n) is 2.55. The third-order valence-corrected chi connectivity index (χ3v) is 5.27. The van der Waals surface area contributed by atoms with Crippen LogP contribution in [-0.2, 0) is 9.53 Å². The molecule has 3 rings (SSSR count). The average Bonchev–Trinajstić information content (AvgIpc) is 3.08. The number of hydrogen-bond acceptors (Lipinski definition) is 4. The van der Waals surface area contributed by atoms with E-state index in [-0.39, 0.29) is 18.0 Å². The Balaban J connectivity index is 1.67. The molecule has 0 fully saturated rings. The van der Waals surface area contributed by atoms with Gasteiger partial charge in [0.15, 0.2) is 0 Å². The van der Waals surface area contributed by atoms with E-state index in [9.17, 15) is 4.79 Å². The van der Waals surface area contributed by atoms with Crippen LogP contribution in [0.15, 0.2) is 66.7 Å². The normalized spacial score (nSPS) is 11.4. The first-order chi connectivity index (χ1) is 12.8. The molecule has 0 unspecified atom stereocenters. The number of hydrogen-bond donors (Lipinski definition) is 0. The summed E-state index contributed by atoms with van der Waals surface area (Å²) in [4.78, 5) is 12.8.